The second-order valence-corrected chi connectivity index (χ2v) is 6.49. The van der Waals surface area contributed by atoms with Gasteiger partial charge in [-0.1, -0.05) is 13.8 Å². The van der Waals surface area contributed by atoms with Crippen LogP contribution >= 0.6 is 11.3 Å². The van der Waals surface area contributed by atoms with E-state index in [0.29, 0.717) is 22.9 Å². The van der Waals surface area contributed by atoms with Crippen molar-refractivity contribution in [1.82, 2.24) is 5.32 Å². The Morgan fingerprint density at radius 3 is 2.75 bits per heavy atom. The first kappa shape index (κ1) is 14.8. The SMILES string of the molecule is CC(C)C1(CNC(=O)c2sccc2/C=C/C(=O)O)CC1. The monoisotopic (exact) mass is 293 g/mol. The van der Waals surface area contributed by atoms with Crippen LogP contribution in [0.1, 0.15) is 41.9 Å². The van der Waals surface area contributed by atoms with E-state index in [-0.39, 0.29) is 11.3 Å². The zero-order chi connectivity index (χ0) is 14.8. The van der Waals surface area contributed by atoms with E-state index in [1.54, 1.807) is 11.4 Å². The molecule has 0 bridgehead atoms. The molecule has 0 aliphatic heterocycles. The van der Waals surface area contributed by atoms with Crippen LogP contribution < -0.4 is 5.32 Å². The molecule has 0 spiro atoms. The van der Waals surface area contributed by atoms with Gasteiger partial charge in [0.05, 0.1) is 4.88 Å². The molecule has 1 aliphatic rings. The number of thiophene rings is 1. The van der Waals surface area contributed by atoms with Gasteiger partial charge in [0.25, 0.3) is 5.91 Å². The van der Waals surface area contributed by atoms with Crippen LogP contribution in [-0.4, -0.2) is 23.5 Å². The Hall–Kier alpha value is -1.62. The fraction of sp³-hybridized carbons (Fsp3) is 0.467. The van der Waals surface area contributed by atoms with Crippen molar-refractivity contribution in [3.8, 4) is 0 Å². The van der Waals surface area contributed by atoms with E-state index < -0.39 is 5.97 Å². The third-order valence-electron chi connectivity index (χ3n) is 4.03. The number of carbonyl (C=O) groups excluding carboxylic acids is 1. The van der Waals surface area contributed by atoms with Gasteiger partial charge in [0.1, 0.15) is 0 Å². The first-order chi connectivity index (χ1) is 9.44. The highest BCUT2D eigenvalue weighted by atomic mass is 32.1. The summed E-state index contributed by atoms with van der Waals surface area (Å²) in [4.78, 5) is 23.3. The molecule has 0 saturated heterocycles. The summed E-state index contributed by atoms with van der Waals surface area (Å²) in [5.74, 6) is -0.561. The lowest BCUT2D eigenvalue weighted by Gasteiger charge is -2.19. The largest absolute Gasteiger partial charge is 0.478 e. The minimum absolute atomic E-state index is 0.114. The highest BCUT2D eigenvalue weighted by Crippen LogP contribution is 2.51. The second kappa shape index (κ2) is 5.79. The molecule has 1 saturated carbocycles. The third-order valence-corrected chi connectivity index (χ3v) is 4.95. The lowest BCUT2D eigenvalue weighted by atomic mass is 9.92. The smallest absolute Gasteiger partial charge is 0.328 e. The fourth-order valence-corrected chi connectivity index (χ4v) is 3.05. The Bertz CT molecular complexity index is 541. The first-order valence-electron chi connectivity index (χ1n) is 6.71. The van der Waals surface area contributed by atoms with Crippen molar-refractivity contribution in [1.29, 1.82) is 0 Å². The first-order valence-corrected chi connectivity index (χ1v) is 7.59. The molecule has 0 aromatic carbocycles. The average Bonchev–Trinajstić information content (AvgIpc) is 3.04. The summed E-state index contributed by atoms with van der Waals surface area (Å²) in [7, 11) is 0. The maximum Gasteiger partial charge on any atom is 0.328 e. The lowest BCUT2D eigenvalue weighted by Crippen LogP contribution is -2.32. The van der Waals surface area contributed by atoms with Crippen LogP contribution in [0.25, 0.3) is 6.08 Å². The third kappa shape index (κ3) is 3.28. The zero-order valence-corrected chi connectivity index (χ0v) is 12.5. The molecule has 0 unspecified atom stereocenters. The van der Waals surface area contributed by atoms with Crippen LogP contribution in [0.3, 0.4) is 0 Å². The number of nitrogens with one attached hydrogen (secondary N) is 1. The maximum absolute atomic E-state index is 12.2. The van der Waals surface area contributed by atoms with Gasteiger partial charge in [0.2, 0.25) is 0 Å². The summed E-state index contributed by atoms with van der Waals surface area (Å²) in [6, 6.07) is 1.76. The fourth-order valence-electron chi connectivity index (χ4n) is 2.25. The summed E-state index contributed by atoms with van der Waals surface area (Å²) in [5.41, 5.74) is 0.925. The zero-order valence-electron chi connectivity index (χ0n) is 11.7. The van der Waals surface area contributed by atoms with Crippen LogP contribution in [0, 0.1) is 11.3 Å². The van der Waals surface area contributed by atoms with Gasteiger partial charge in [-0.3, -0.25) is 4.79 Å². The van der Waals surface area contributed by atoms with Crippen molar-refractivity contribution < 1.29 is 14.7 Å². The van der Waals surface area contributed by atoms with E-state index in [2.05, 4.69) is 19.2 Å². The van der Waals surface area contributed by atoms with Crippen LogP contribution in [-0.2, 0) is 4.79 Å². The average molecular weight is 293 g/mol. The standard InChI is InChI=1S/C15H19NO3S/c1-10(2)15(6-7-15)9-16-14(19)13-11(5-8-20-13)3-4-12(17)18/h3-5,8,10H,6-7,9H2,1-2H3,(H,16,19)(H,17,18)/b4-3+. The van der Waals surface area contributed by atoms with E-state index in [1.807, 2.05) is 0 Å². The summed E-state index contributed by atoms with van der Waals surface area (Å²) >= 11 is 1.33. The van der Waals surface area contributed by atoms with Gasteiger partial charge in [0, 0.05) is 12.6 Å². The van der Waals surface area contributed by atoms with Gasteiger partial charge in [-0.25, -0.2) is 4.79 Å². The lowest BCUT2D eigenvalue weighted by molar-refractivity contribution is -0.131. The predicted molar refractivity (Wildman–Crippen MR) is 79.8 cm³/mol. The normalized spacial score (nSPS) is 16.6. The van der Waals surface area contributed by atoms with Gasteiger partial charge in [-0.15, -0.1) is 11.3 Å². The maximum atomic E-state index is 12.2. The molecule has 0 radical (unpaired) electrons. The molecule has 1 aromatic heterocycles. The van der Waals surface area contributed by atoms with Crippen molar-refractivity contribution in [2.24, 2.45) is 11.3 Å². The molecule has 1 amide bonds. The number of rotatable bonds is 6. The van der Waals surface area contributed by atoms with Crippen LogP contribution in [0.2, 0.25) is 0 Å². The van der Waals surface area contributed by atoms with E-state index >= 15 is 0 Å². The summed E-state index contributed by atoms with van der Waals surface area (Å²) in [6.45, 7) is 5.07. The van der Waals surface area contributed by atoms with Gasteiger partial charge < -0.3 is 10.4 Å². The summed E-state index contributed by atoms with van der Waals surface area (Å²) < 4.78 is 0. The minimum Gasteiger partial charge on any atom is -0.478 e. The molecular weight excluding hydrogens is 274 g/mol. The highest BCUT2D eigenvalue weighted by molar-refractivity contribution is 7.12. The number of carbonyl (C=O) groups is 2. The van der Waals surface area contributed by atoms with Crippen LogP contribution in [0.15, 0.2) is 17.5 Å². The number of aliphatic carboxylic acids is 1. The molecule has 0 atom stereocenters. The van der Waals surface area contributed by atoms with Gasteiger partial charge in [-0.05, 0) is 47.3 Å². The van der Waals surface area contributed by atoms with Crippen molar-refractivity contribution in [3.63, 3.8) is 0 Å². The Morgan fingerprint density at radius 2 is 2.20 bits per heavy atom. The second-order valence-electron chi connectivity index (χ2n) is 5.58. The van der Waals surface area contributed by atoms with Crippen molar-refractivity contribution in [3.05, 3.63) is 28.0 Å². The number of hydrogen-bond donors (Lipinski definition) is 2. The Labute approximate surface area is 122 Å². The molecule has 2 N–H and O–H groups in total. The summed E-state index contributed by atoms with van der Waals surface area (Å²) in [5, 5.41) is 13.4. The van der Waals surface area contributed by atoms with E-state index in [1.165, 1.54) is 30.3 Å². The minimum atomic E-state index is -1.01. The van der Waals surface area contributed by atoms with Crippen molar-refractivity contribution >= 4 is 29.3 Å². The van der Waals surface area contributed by atoms with Crippen LogP contribution in [0.4, 0.5) is 0 Å². The van der Waals surface area contributed by atoms with Crippen molar-refractivity contribution in [2.45, 2.75) is 26.7 Å². The highest BCUT2D eigenvalue weighted by Gasteiger charge is 2.45. The molecule has 5 heteroatoms. The van der Waals surface area contributed by atoms with E-state index in [4.69, 9.17) is 5.11 Å². The van der Waals surface area contributed by atoms with E-state index in [9.17, 15) is 9.59 Å². The number of carboxylic acids is 1. The molecule has 20 heavy (non-hydrogen) atoms. The molecule has 1 aliphatic carbocycles. The predicted octanol–water partition coefficient (Wildman–Crippen LogP) is 3.01. The Morgan fingerprint density at radius 1 is 1.50 bits per heavy atom. The Kier molecular flexibility index (Phi) is 4.28. The molecule has 4 nitrogen and oxygen atoms in total. The van der Waals surface area contributed by atoms with Gasteiger partial charge >= 0.3 is 5.97 Å². The number of amides is 1. The number of hydrogen-bond acceptors (Lipinski definition) is 3. The van der Waals surface area contributed by atoms with Gasteiger partial charge in [0.15, 0.2) is 0 Å². The van der Waals surface area contributed by atoms with Gasteiger partial charge in [-0.2, -0.15) is 0 Å². The quantitative estimate of drug-likeness (QED) is 0.792. The molecule has 1 fully saturated rings. The molecule has 108 valence electrons. The van der Waals surface area contributed by atoms with Crippen molar-refractivity contribution in [2.75, 3.05) is 6.54 Å². The molecule has 1 aromatic rings. The molecular formula is C15H19NO3S. The molecule has 2 rings (SSSR count). The Balaban J connectivity index is 2.00. The topological polar surface area (TPSA) is 66.4 Å². The van der Waals surface area contributed by atoms with Crippen LogP contribution in [0.5, 0.6) is 0 Å². The van der Waals surface area contributed by atoms with E-state index in [0.717, 1.165) is 6.08 Å². The summed E-state index contributed by atoms with van der Waals surface area (Å²) in [6.07, 6.45) is 4.85. The molecule has 1 heterocycles. The number of carboxylic acid groups (broad SMARTS) is 1.